The molecule has 0 aliphatic rings. The van der Waals surface area contributed by atoms with Crippen molar-refractivity contribution in [3.05, 3.63) is 45.7 Å². The predicted molar refractivity (Wildman–Crippen MR) is 86.1 cm³/mol. The Kier molecular flexibility index (Phi) is 4.71. The standard InChI is InChI=1S/C13H15IN2O3S/c1-16(2)20(17,18)13-7-6-12(19-13)9-15-11-5-3-4-10(14)8-11/h3-8,15H,9H2,1-2H3. The van der Waals surface area contributed by atoms with Gasteiger partial charge in [-0.1, -0.05) is 6.07 Å². The molecular formula is C13H15IN2O3S. The lowest BCUT2D eigenvalue weighted by Crippen LogP contribution is -2.21. The molecule has 1 heterocycles. The van der Waals surface area contributed by atoms with Gasteiger partial charge in [0, 0.05) is 23.4 Å². The number of nitrogens with zero attached hydrogens (tertiary/aromatic N) is 1. The molecule has 1 N–H and O–H groups in total. The molecular weight excluding hydrogens is 391 g/mol. The van der Waals surface area contributed by atoms with Crippen molar-refractivity contribution in [2.75, 3.05) is 19.4 Å². The van der Waals surface area contributed by atoms with Gasteiger partial charge in [-0.2, -0.15) is 0 Å². The Balaban J connectivity index is 2.07. The molecule has 1 aromatic heterocycles. The number of nitrogens with one attached hydrogen (secondary N) is 1. The minimum absolute atomic E-state index is 0.0399. The average Bonchev–Trinajstić information content (AvgIpc) is 2.85. The molecule has 0 spiro atoms. The van der Waals surface area contributed by atoms with Crippen LogP contribution in [0.3, 0.4) is 0 Å². The lowest BCUT2D eigenvalue weighted by molar-refractivity contribution is 0.402. The van der Waals surface area contributed by atoms with Crippen LogP contribution in [0.1, 0.15) is 5.76 Å². The number of rotatable bonds is 5. The maximum Gasteiger partial charge on any atom is 0.275 e. The third-order valence-corrected chi connectivity index (χ3v) is 5.02. The van der Waals surface area contributed by atoms with Gasteiger partial charge in [0.05, 0.1) is 6.54 Å². The quantitative estimate of drug-likeness (QED) is 0.776. The maximum absolute atomic E-state index is 11.9. The molecule has 20 heavy (non-hydrogen) atoms. The molecule has 5 nitrogen and oxygen atoms in total. The van der Waals surface area contributed by atoms with Crippen molar-refractivity contribution in [3.63, 3.8) is 0 Å². The van der Waals surface area contributed by atoms with Crippen LogP contribution in [0.4, 0.5) is 5.69 Å². The van der Waals surface area contributed by atoms with Crippen LogP contribution in [0.5, 0.6) is 0 Å². The average molecular weight is 406 g/mol. The van der Waals surface area contributed by atoms with E-state index >= 15 is 0 Å². The second kappa shape index (κ2) is 6.15. The fourth-order valence-electron chi connectivity index (χ4n) is 1.56. The third-order valence-electron chi connectivity index (χ3n) is 2.66. The highest BCUT2D eigenvalue weighted by Crippen LogP contribution is 2.18. The van der Waals surface area contributed by atoms with Crippen molar-refractivity contribution in [1.29, 1.82) is 0 Å². The molecule has 2 aromatic rings. The molecule has 0 aliphatic heterocycles. The van der Waals surface area contributed by atoms with E-state index in [2.05, 4.69) is 27.9 Å². The van der Waals surface area contributed by atoms with E-state index in [0.29, 0.717) is 12.3 Å². The van der Waals surface area contributed by atoms with Gasteiger partial charge < -0.3 is 9.73 Å². The predicted octanol–water partition coefficient (Wildman–Crippen LogP) is 2.75. The van der Waals surface area contributed by atoms with E-state index in [9.17, 15) is 8.42 Å². The molecule has 1 aromatic carbocycles. The highest BCUT2D eigenvalue weighted by molar-refractivity contribution is 14.1. The summed E-state index contributed by atoms with van der Waals surface area (Å²) >= 11 is 2.23. The fraction of sp³-hybridized carbons (Fsp3) is 0.231. The molecule has 0 saturated carbocycles. The van der Waals surface area contributed by atoms with Gasteiger partial charge in [-0.15, -0.1) is 0 Å². The highest BCUT2D eigenvalue weighted by Gasteiger charge is 2.21. The molecule has 0 amide bonds. The summed E-state index contributed by atoms with van der Waals surface area (Å²) in [5.74, 6) is 0.573. The van der Waals surface area contributed by atoms with E-state index in [4.69, 9.17) is 4.42 Å². The molecule has 0 saturated heterocycles. The van der Waals surface area contributed by atoms with Crippen LogP contribution in [0.2, 0.25) is 0 Å². The Morgan fingerprint density at radius 2 is 2.00 bits per heavy atom. The number of hydrogen-bond acceptors (Lipinski definition) is 4. The number of benzene rings is 1. The zero-order valence-corrected chi connectivity index (χ0v) is 14.1. The Labute approximate surface area is 132 Å². The van der Waals surface area contributed by atoms with Crippen molar-refractivity contribution in [2.24, 2.45) is 0 Å². The van der Waals surface area contributed by atoms with Crippen molar-refractivity contribution in [2.45, 2.75) is 11.6 Å². The van der Waals surface area contributed by atoms with Gasteiger partial charge in [0.15, 0.2) is 0 Å². The summed E-state index contributed by atoms with van der Waals surface area (Å²) < 4.78 is 31.4. The van der Waals surface area contributed by atoms with Crippen molar-refractivity contribution in [3.8, 4) is 0 Å². The lowest BCUT2D eigenvalue weighted by Gasteiger charge is -2.08. The highest BCUT2D eigenvalue weighted by atomic mass is 127. The zero-order valence-electron chi connectivity index (χ0n) is 11.1. The molecule has 2 rings (SSSR count). The molecule has 0 bridgehead atoms. The smallest absolute Gasteiger partial charge is 0.275 e. The van der Waals surface area contributed by atoms with Gasteiger partial charge >= 0.3 is 0 Å². The maximum atomic E-state index is 11.9. The normalized spacial score (nSPS) is 11.8. The van der Waals surface area contributed by atoms with Crippen LogP contribution in [-0.2, 0) is 16.6 Å². The van der Waals surface area contributed by atoms with E-state index in [-0.39, 0.29) is 5.09 Å². The Hall–Kier alpha value is -1.06. The molecule has 7 heteroatoms. The first-order chi connectivity index (χ1) is 9.39. The summed E-state index contributed by atoms with van der Waals surface area (Å²) in [7, 11) is -0.560. The monoisotopic (exact) mass is 406 g/mol. The third kappa shape index (κ3) is 3.53. The van der Waals surface area contributed by atoms with E-state index in [1.807, 2.05) is 24.3 Å². The van der Waals surface area contributed by atoms with Crippen molar-refractivity contribution < 1.29 is 12.8 Å². The first-order valence-electron chi connectivity index (χ1n) is 5.90. The Morgan fingerprint density at radius 3 is 2.65 bits per heavy atom. The first kappa shape index (κ1) is 15.3. The number of anilines is 1. The van der Waals surface area contributed by atoms with Gasteiger partial charge in [0.2, 0.25) is 5.09 Å². The van der Waals surface area contributed by atoms with Crippen molar-refractivity contribution in [1.82, 2.24) is 4.31 Å². The first-order valence-corrected chi connectivity index (χ1v) is 8.42. The zero-order chi connectivity index (χ0) is 14.8. The second-order valence-electron chi connectivity index (χ2n) is 4.37. The van der Waals surface area contributed by atoms with Gasteiger partial charge in [-0.25, -0.2) is 12.7 Å². The largest absolute Gasteiger partial charge is 0.446 e. The summed E-state index contributed by atoms with van der Waals surface area (Å²) in [6.45, 7) is 0.434. The van der Waals surface area contributed by atoms with Crippen LogP contribution < -0.4 is 5.32 Å². The topological polar surface area (TPSA) is 62.6 Å². The summed E-state index contributed by atoms with van der Waals surface area (Å²) in [4.78, 5) is 0. The summed E-state index contributed by atoms with van der Waals surface area (Å²) in [6.07, 6.45) is 0. The molecule has 0 atom stereocenters. The van der Waals surface area contributed by atoms with Crippen LogP contribution in [0.15, 0.2) is 45.9 Å². The molecule has 0 unspecified atom stereocenters. The van der Waals surface area contributed by atoms with Crippen LogP contribution in [-0.4, -0.2) is 26.8 Å². The number of furan rings is 1. The summed E-state index contributed by atoms with van der Waals surface area (Å²) in [5.41, 5.74) is 0.963. The Morgan fingerprint density at radius 1 is 1.25 bits per heavy atom. The van der Waals surface area contributed by atoms with E-state index in [1.165, 1.54) is 20.2 Å². The van der Waals surface area contributed by atoms with Gasteiger partial charge in [0.25, 0.3) is 10.0 Å². The molecule has 0 radical (unpaired) electrons. The Bertz CT molecular complexity index is 695. The molecule has 108 valence electrons. The van der Waals surface area contributed by atoms with Crippen LogP contribution in [0, 0.1) is 3.57 Å². The van der Waals surface area contributed by atoms with E-state index in [1.54, 1.807) is 6.07 Å². The van der Waals surface area contributed by atoms with Crippen LogP contribution in [0.25, 0.3) is 0 Å². The number of halogens is 1. The molecule has 0 fully saturated rings. The number of hydrogen-bond donors (Lipinski definition) is 1. The van der Waals surface area contributed by atoms with Crippen molar-refractivity contribution >= 4 is 38.3 Å². The van der Waals surface area contributed by atoms with E-state index < -0.39 is 10.0 Å². The van der Waals surface area contributed by atoms with Crippen LogP contribution >= 0.6 is 22.6 Å². The van der Waals surface area contributed by atoms with Gasteiger partial charge in [0.1, 0.15) is 5.76 Å². The number of sulfonamides is 1. The van der Waals surface area contributed by atoms with Gasteiger partial charge in [-0.05, 0) is 52.9 Å². The SMILES string of the molecule is CN(C)S(=O)(=O)c1ccc(CNc2cccc(I)c2)o1. The minimum atomic E-state index is -3.51. The second-order valence-corrected chi connectivity index (χ2v) is 7.70. The summed E-state index contributed by atoms with van der Waals surface area (Å²) in [5, 5.41) is 3.15. The minimum Gasteiger partial charge on any atom is -0.446 e. The van der Waals surface area contributed by atoms with E-state index in [0.717, 1.165) is 13.6 Å². The summed E-state index contributed by atoms with van der Waals surface area (Å²) in [6, 6.07) is 11.0. The lowest BCUT2D eigenvalue weighted by atomic mass is 10.3. The van der Waals surface area contributed by atoms with Gasteiger partial charge in [-0.3, -0.25) is 0 Å². The molecule has 0 aliphatic carbocycles. The fourth-order valence-corrected chi connectivity index (χ4v) is 2.91.